The largest absolute Gasteiger partial charge is 0.508 e. The fraction of sp³-hybridized carbons (Fsp3) is 0.111. The quantitative estimate of drug-likeness (QED) is 0.345. The molecule has 9 heteroatoms. The van der Waals surface area contributed by atoms with Crippen LogP contribution in [-0.2, 0) is 11.8 Å². The van der Waals surface area contributed by atoms with Crippen LogP contribution in [0.2, 0.25) is 0 Å². The third-order valence-corrected chi connectivity index (χ3v) is 5.11. The number of nitrogens with one attached hydrogen (secondary N) is 1. The summed E-state index contributed by atoms with van der Waals surface area (Å²) in [5, 5.41) is 22.1. The van der Waals surface area contributed by atoms with Crippen molar-refractivity contribution in [1.82, 2.24) is 20.2 Å². The van der Waals surface area contributed by atoms with Crippen LogP contribution in [0.3, 0.4) is 0 Å². The predicted molar refractivity (Wildman–Crippen MR) is 109 cm³/mol. The smallest absolute Gasteiger partial charge is 0.250 e. The lowest BCUT2D eigenvalue weighted by Gasteiger charge is -2.04. The van der Waals surface area contributed by atoms with E-state index in [0.29, 0.717) is 5.16 Å². The Balaban J connectivity index is 1.54. The van der Waals surface area contributed by atoms with Crippen LogP contribution in [0, 0.1) is 0 Å². The van der Waals surface area contributed by atoms with Gasteiger partial charge in [-0.25, -0.2) is 5.43 Å². The fourth-order valence-electron chi connectivity index (χ4n) is 2.19. The second-order valence-corrected chi connectivity index (χ2v) is 7.40. The molecule has 1 amide bonds. The van der Waals surface area contributed by atoms with E-state index in [-0.39, 0.29) is 17.4 Å². The Morgan fingerprint density at radius 2 is 1.93 bits per heavy atom. The van der Waals surface area contributed by atoms with Crippen molar-refractivity contribution in [3.05, 3.63) is 58.6 Å². The van der Waals surface area contributed by atoms with E-state index in [9.17, 15) is 9.90 Å². The molecule has 1 aromatic heterocycles. The Bertz CT molecular complexity index is 955. The van der Waals surface area contributed by atoms with Crippen LogP contribution in [0.25, 0.3) is 11.4 Å². The van der Waals surface area contributed by atoms with Crippen LogP contribution in [0.15, 0.2) is 63.3 Å². The maximum Gasteiger partial charge on any atom is 0.250 e. The number of carbonyl (C=O) groups excluding carboxylic acids is 1. The van der Waals surface area contributed by atoms with E-state index in [1.807, 2.05) is 35.9 Å². The lowest BCUT2D eigenvalue weighted by atomic mass is 10.2. The number of hydrogen-bond acceptors (Lipinski definition) is 6. The molecule has 7 nitrogen and oxygen atoms in total. The van der Waals surface area contributed by atoms with Crippen molar-refractivity contribution < 1.29 is 9.90 Å². The van der Waals surface area contributed by atoms with Gasteiger partial charge < -0.3 is 9.67 Å². The molecule has 0 aliphatic carbocycles. The molecule has 0 fully saturated rings. The lowest BCUT2D eigenvalue weighted by molar-refractivity contribution is -0.118. The summed E-state index contributed by atoms with van der Waals surface area (Å²) in [6.45, 7) is 0. The van der Waals surface area contributed by atoms with Crippen molar-refractivity contribution in [2.75, 3.05) is 5.75 Å². The molecule has 2 N–H and O–H groups in total. The third kappa shape index (κ3) is 5.18. The van der Waals surface area contributed by atoms with E-state index in [1.165, 1.54) is 18.0 Å². The molecule has 0 aliphatic rings. The maximum atomic E-state index is 11.9. The minimum Gasteiger partial charge on any atom is -0.508 e. The van der Waals surface area contributed by atoms with E-state index >= 15 is 0 Å². The molecule has 3 aromatic rings. The van der Waals surface area contributed by atoms with E-state index in [0.717, 1.165) is 21.4 Å². The van der Waals surface area contributed by atoms with Gasteiger partial charge in [-0.05, 0) is 42.0 Å². The Kier molecular flexibility index (Phi) is 6.25. The summed E-state index contributed by atoms with van der Waals surface area (Å²) < 4.78 is 2.84. The number of hydrogen-bond donors (Lipinski definition) is 2. The normalized spacial score (nSPS) is 11.0. The Morgan fingerprint density at radius 3 is 2.63 bits per heavy atom. The molecule has 1 heterocycles. The zero-order valence-corrected chi connectivity index (χ0v) is 16.7. The van der Waals surface area contributed by atoms with E-state index in [2.05, 4.69) is 36.7 Å². The molecular formula is C18H16BrN5O2S. The number of nitrogens with zero attached hydrogens (tertiary/aromatic N) is 4. The summed E-state index contributed by atoms with van der Waals surface area (Å²) in [6.07, 6.45) is 1.51. The van der Waals surface area contributed by atoms with Crippen molar-refractivity contribution in [1.29, 1.82) is 0 Å². The molecule has 27 heavy (non-hydrogen) atoms. The van der Waals surface area contributed by atoms with E-state index in [4.69, 9.17) is 0 Å². The molecule has 0 saturated carbocycles. The monoisotopic (exact) mass is 445 g/mol. The first-order chi connectivity index (χ1) is 13.0. The van der Waals surface area contributed by atoms with Gasteiger partial charge in [0.2, 0.25) is 0 Å². The minimum atomic E-state index is -0.247. The van der Waals surface area contributed by atoms with Crippen LogP contribution in [0.4, 0.5) is 0 Å². The van der Waals surface area contributed by atoms with E-state index in [1.54, 1.807) is 24.3 Å². The molecule has 0 spiro atoms. The second kappa shape index (κ2) is 8.83. The highest BCUT2D eigenvalue weighted by Crippen LogP contribution is 2.23. The van der Waals surface area contributed by atoms with Gasteiger partial charge in [-0.15, -0.1) is 10.2 Å². The SMILES string of the molecule is Cn1c(SCC(=O)N/N=C/c2ccc(O)cc2)nnc1-c1ccc(Br)cc1. The molecular weight excluding hydrogens is 430 g/mol. The third-order valence-electron chi connectivity index (χ3n) is 3.57. The number of rotatable bonds is 6. The highest BCUT2D eigenvalue weighted by Gasteiger charge is 2.12. The fourth-order valence-corrected chi connectivity index (χ4v) is 3.16. The van der Waals surface area contributed by atoms with Gasteiger partial charge in [-0.3, -0.25) is 4.79 Å². The summed E-state index contributed by atoms with van der Waals surface area (Å²) in [7, 11) is 1.86. The van der Waals surface area contributed by atoms with Gasteiger partial charge >= 0.3 is 0 Å². The number of aromatic hydroxyl groups is 1. The number of phenols is 1. The molecule has 138 valence electrons. The molecule has 0 unspecified atom stereocenters. The van der Waals surface area contributed by atoms with Crippen molar-refractivity contribution in [2.24, 2.45) is 12.1 Å². The first-order valence-electron chi connectivity index (χ1n) is 7.92. The number of phenolic OH excluding ortho intramolecular Hbond substituents is 1. The molecule has 0 saturated heterocycles. The number of halogens is 1. The van der Waals surface area contributed by atoms with Gasteiger partial charge in [0.25, 0.3) is 5.91 Å². The van der Waals surface area contributed by atoms with Gasteiger partial charge in [0.05, 0.1) is 12.0 Å². The van der Waals surface area contributed by atoms with Gasteiger partial charge in [0.1, 0.15) is 5.75 Å². The molecule has 0 radical (unpaired) electrons. The van der Waals surface area contributed by atoms with Crippen LogP contribution in [-0.4, -0.2) is 37.7 Å². The minimum absolute atomic E-state index is 0.166. The van der Waals surface area contributed by atoms with Gasteiger partial charge in [-0.2, -0.15) is 5.10 Å². The average Bonchev–Trinajstić information content (AvgIpc) is 3.03. The predicted octanol–water partition coefficient (Wildman–Crippen LogP) is 3.19. The maximum absolute atomic E-state index is 11.9. The van der Waals surface area contributed by atoms with Crippen LogP contribution in [0.5, 0.6) is 5.75 Å². The topological polar surface area (TPSA) is 92.4 Å². The highest BCUT2D eigenvalue weighted by molar-refractivity contribution is 9.10. The lowest BCUT2D eigenvalue weighted by Crippen LogP contribution is -2.19. The van der Waals surface area contributed by atoms with Crippen molar-refractivity contribution in [2.45, 2.75) is 5.16 Å². The number of benzene rings is 2. The highest BCUT2D eigenvalue weighted by atomic mass is 79.9. The van der Waals surface area contributed by atoms with Crippen LogP contribution >= 0.6 is 27.7 Å². The Hall–Kier alpha value is -2.65. The first-order valence-corrected chi connectivity index (χ1v) is 9.70. The summed E-state index contributed by atoms with van der Waals surface area (Å²) >= 11 is 4.69. The number of carbonyl (C=O) groups is 1. The van der Waals surface area contributed by atoms with Crippen molar-refractivity contribution in [3.63, 3.8) is 0 Å². The van der Waals surface area contributed by atoms with Gasteiger partial charge in [0.15, 0.2) is 11.0 Å². The molecule has 0 aliphatic heterocycles. The summed E-state index contributed by atoms with van der Waals surface area (Å²) in [5.41, 5.74) is 4.18. The Morgan fingerprint density at radius 1 is 1.22 bits per heavy atom. The standard InChI is InChI=1S/C18H16BrN5O2S/c1-24-17(13-4-6-14(19)7-5-13)22-23-18(24)27-11-16(26)21-20-10-12-2-8-15(25)9-3-12/h2-10,25H,11H2,1H3,(H,21,26)/b20-10+. The average molecular weight is 446 g/mol. The molecule has 2 aromatic carbocycles. The van der Waals surface area contributed by atoms with Crippen LogP contribution in [0.1, 0.15) is 5.56 Å². The zero-order valence-electron chi connectivity index (χ0n) is 14.3. The summed E-state index contributed by atoms with van der Waals surface area (Å²) in [6, 6.07) is 14.3. The first kappa shape index (κ1) is 19.1. The zero-order chi connectivity index (χ0) is 19.2. The number of aromatic nitrogens is 3. The Labute approximate surface area is 168 Å². The van der Waals surface area contributed by atoms with Gasteiger partial charge in [-0.1, -0.05) is 39.8 Å². The van der Waals surface area contributed by atoms with Crippen molar-refractivity contribution >= 4 is 39.8 Å². The molecule has 0 atom stereocenters. The number of amides is 1. The summed E-state index contributed by atoms with van der Waals surface area (Å²) in [5.74, 6) is 0.830. The number of thioether (sulfide) groups is 1. The van der Waals surface area contributed by atoms with E-state index < -0.39 is 0 Å². The molecule has 3 rings (SSSR count). The number of hydrazone groups is 1. The molecule has 0 bridgehead atoms. The van der Waals surface area contributed by atoms with Crippen molar-refractivity contribution in [3.8, 4) is 17.1 Å². The van der Waals surface area contributed by atoms with Crippen LogP contribution < -0.4 is 5.43 Å². The second-order valence-electron chi connectivity index (χ2n) is 5.55. The van der Waals surface area contributed by atoms with Gasteiger partial charge in [0, 0.05) is 17.1 Å². The summed E-state index contributed by atoms with van der Waals surface area (Å²) in [4.78, 5) is 11.9.